The van der Waals surface area contributed by atoms with Gasteiger partial charge in [0.05, 0.1) is 22.0 Å². The number of rotatable bonds is 12. The minimum atomic E-state index is -0.0114. The van der Waals surface area contributed by atoms with Crippen LogP contribution in [0.3, 0.4) is 0 Å². The van der Waals surface area contributed by atoms with E-state index in [0.29, 0.717) is 34.8 Å². The molecule has 0 bridgehead atoms. The number of carbonyl (C=O) groups excluding carboxylic acids is 1. The van der Waals surface area contributed by atoms with Crippen molar-refractivity contribution in [2.45, 2.75) is 23.8 Å². The molecule has 4 aromatic rings. The zero-order valence-corrected chi connectivity index (χ0v) is 22.9. The van der Waals surface area contributed by atoms with E-state index in [9.17, 15) is 4.79 Å². The molecule has 0 unspecified atom stereocenters. The summed E-state index contributed by atoms with van der Waals surface area (Å²) in [6, 6.07) is 15.8. The zero-order valence-electron chi connectivity index (χ0n) is 19.7. The van der Waals surface area contributed by atoms with Crippen molar-refractivity contribution < 1.29 is 4.79 Å². The second-order valence-corrected chi connectivity index (χ2v) is 11.2. The molecule has 2 heterocycles. The monoisotopic (exact) mass is 560 g/mol. The lowest BCUT2D eigenvalue weighted by Crippen LogP contribution is -2.29. The van der Waals surface area contributed by atoms with Gasteiger partial charge in [-0.15, -0.1) is 0 Å². The first-order chi connectivity index (χ1) is 17.5. The first-order valence-electron chi connectivity index (χ1n) is 11.4. The molecule has 0 aliphatic rings. The van der Waals surface area contributed by atoms with Crippen LogP contribution >= 0.6 is 46.3 Å². The summed E-state index contributed by atoms with van der Waals surface area (Å²) in [5.74, 6) is 0.863. The molecule has 11 heteroatoms. The molecule has 0 aliphatic heterocycles. The molecule has 188 valence electrons. The molecule has 0 saturated carbocycles. The van der Waals surface area contributed by atoms with E-state index in [4.69, 9.17) is 23.2 Å². The molecule has 0 fully saturated rings. The Kier molecular flexibility index (Phi) is 9.77. The molecule has 2 N–H and O–H groups in total. The number of halogens is 2. The van der Waals surface area contributed by atoms with Crippen molar-refractivity contribution in [1.82, 2.24) is 25.2 Å². The Bertz CT molecular complexity index is 1300. The molecular formula is C25H26Cl2N6OS2. The van der Waals surface area contributed by atoms with E-state index in [0.717, 1.165) is 45.3 Å². The van der Waals surface area contributed by atoms with Gasteiger partial charge in [0.25, 0.3) is 0 Å². The maximum atomic E-state index is 12.3. The fourth-order valence-corrected chi connectivity index (χ4v) is 5.56. The number of hydrogen-bond acceptors (Lipinski definition) is 8. The summed E-state index contributed by atoms with van der Waals surface area (Å²) >= 11 is 14.9. The van der Waals surface area contributed by atoms with Crippen LogP contribution < -0.4 is 10.6 Å². The molecule has 2 aromatic carbocycles. The molecule has 0 aliphatic carbocycles. The number of anilines is 1. The summed E-state index contributed by atoms with van der Waals surface area (Å²) in [6.07, 6.45) is 2.56. The molecule has 2 aromatic heterocycles. The molecule has 36 heavy (non-hydrogen) atoms. The predicted molar refractivity (Wildman–Crippen MR) is 150 cm³/mol. The summed E-state index contributed by atoms with van der Waals surface area (Å²) in [6.45, 7) is 2.89. The first-order valence-corrected chi connectivity index (χ1v) is 14.0. The lowest BCUT2D eigenvalue weighted by Gasteiger charge is -2.17. The van der Waals surface area contributed by atoms with Crippen molar-refractivity contribution in [1.29, 1.82) is 0 Å². The van der Waals surface area contributed by atoms with Gasteiger partial charge < -0.3 is 15.5 Å². The van der Waals surface area contributed by atoms with Crippen molar-refractivity contribution in [3.8, 4) is 0 Å². The largest absolute Gasteiger partial charge is 0.355 e. The van der Waals surface area contributed by atoms with Crippen LogP contribution in [0, 0.1) is 0 Å². The maximum Gasteiger partial charge on any atom is 0.230 e. The van der Waals surface area contributed by atoms with Crippen LogP contribution in [0.4, 0.5) is 5.95 Å². The fraction of sp³-hybridized carbons (Fsp3) is 0.280. The number of thioether (sulfide) groups is 1. The highest BCUT2D eigenvalue weighted by molar-refractivity contribution is 8.01. The van der Waals surface area contributed by atoms with Crippen LogP contribution in [0.15, 0.2) is 59.1 Å². The van der Waals surface area contributed by atoms with Crippen LogP contribution in [-0.2, 0) is 17.9 Å². The normalized spacial score (nSPS) is 11.2. The predicted octanol–water partition coefficient (Wildman–Crippen LogP) is 5.74. The average Bonchev–Trinajstić information content (AvgIpc) is 3.29. The SMILES string of the molecule is CN(CCCNC(=O)CSc1nc2cnc(NCc3ccccc3)nc2s1)Cc1ccc(Cl)c(Cl)c1. The number of nitrogens with one attached hydrogen (secondary N) is 2. The second kappa shape index (κ2) is 13.2. The van der Waals surface area contributed by atoms with Gasteiger partial charge in [-0.1, -0.05) is 82.7 Å². The topological polar surface area (TPSA) is 83.0 Å². The summed E-state index contributed by atoms with van der Waals surface area (Å²) in [7, 11) is 2.04. The Morgan fingerprint density at radius 2 is 1.92 bits per heavy atom. The van der Waals surface area contributed by atoms with Gasteiger partial charge in [-0.25, -0.2) is 15.0 Å². The van der Waals surface area contributed by atoms with Gasteiger partial charge in [-0.3, -0.25) is 4.79 Å². The van der Waals surface area contributed by atoms with E-state index in [-0.39, 0.29) is 5.91 Å². The molecule has 0 atom stereocenters. The Morgan fingerprint density at radius 1 is 1.08 bits per heavy atom. The van der Waals surface area contributed by atoms with Crippen molar-refractivity contribution in [3.63, 3.8) is 0 Å². The number of thiazole rings is 1. The molecule has 0 radical (unpaired) electrons. The van der Waals surface area contributed by atoms with E-state index in [2.05, 4.69) is 30.5 Å². The number of aromatic nitrogens is 3. The highest BCUT2D eigenvalue weighted by Gasteiger charge is 2.10. The van der Waals surface area contributed by atoms with Gasteiger partial charge in [0.15, 0.2) is 4.34 Å². The van der Waals surface area contributed by atoms with Gasteiger partial charge in [-0.2, -0.15) is 0 Å². The van der Waals surface area contributed by atoms with E-state index >= 15 is 0 Å². The van der Waals surface area contributed by atoms with Crippen LogP contribution in [0.2, 0.25) is 10.0 Å². The van der Waals surface area contributed by atoms with Gasteiger partial charge in [0, 0.05) is 19.6 Å². The first kappa shape index (κ1) is 26.6. The lowest BCUT2D eigenvalue weighted by molar-refractivity contribution is -0.118. The highest BCUT2D eigenvalue weighted by atomic mass is 35.5. The third-order valence-electron chi connectivity index (χ3n) is 5.23. The minimum absolute atomic E-state index is 0.0114. The molecule has 4 rings (SSSR count). The summed E-state index contributed by atoms with van der Waals surface area (Å²) in [5, 5.41) is 7.34. The summed E-state index contributed by atoms with van der Waals surface area (Å²) in [4.78, 5) is 28.7. The standard InChI is InChI=1S/C25H26Cl2N6OS2/c1-33(15-18-8-9-19(26)20(27)12-18)11-5-10-28-22(34)16-35-25-31-21-14-30-24(32-23(21)36-25)29-13-17-6-3-2-4-7-17/h2-4,6-9,12,14H,5,10-11,13,15-16H2,1H3,(H,28,34)(H,29,30,32). The third-order valence-corrected chi connectivity index (χ3v) is 8.07. The number of fused-ring (bicyclic) bond motifs is 1. The van der Waals surface area contributed by atoms with Crippen molar-refractivity contribution in [3.05, 3.63) is 75.9 Å². The van der Waals surface area contributed by atoms with Gasteiger partial charge in [0.2, 0.25) is 11.9 Å². The van der Waals surface area contributed by atoms with E-state index < -0.39 is 0 Å². The molecule has 0 saturated heterocycles. The lowest BCUT2D eigenvalue weighted by atomic mass is 10.2. The van der Waals surface area contributed by atoms with Crippen molar-refractivity contribution >= 4 is 68.5 Å². The van der Waals surface area contributed by atoms with E-state index in [1.165, 1.54) is 23.1 Å². The number of benzene rings is 2. The number of carbonyl (C=O) groups is 1. The van der Waals surface area contributed by atoms with Crippen LogP contribution in [-0.4, -0.2) is 51.6 Å². The Labute approximate surface area is 228 Å². The average molecular weight is 562 g/mol. The molecule has 0 spiro atoms. The third kappa shape index (κ3) is 8.04. The molecule has 7 nitrogen and oxygen atoms in total. The van der Waals surface area contributed by atoms with E-state index in [1.807, 2.05) is 55.6 Å². The highest BCUT2D eigenvalue weighted by Crippen LogP contribution is 2.28. The molecular weight excluding hydrogens is 535 g/mol. The van der Waals surface area contributed by atoms with Gasteiger partial charge in [0.1, 0.15) is 10.3 Å². The Morgan fingerprint density at radius 3 is 2.72 bits per heavy atom. The minimum Gasteiger partial charge on any atom is -0.355 e. The number of nitrogens with zero attached hydrogens (tertiary/aromatic N) is 4. The zero-order chi connectivity index (χ0) is 25.3. The second-order valence-electron chi connectivity index (χ2n) is 8.18. The van der Waals surface area contributed by atoms with Crippen LogP contribution in [0.1, 0.15) is 17.5 Å². The Balaban J connectivity index is 1.16. The maximum absolute atomic E-state index is 12.3. The van der Waals surface area contributed by atoms with Gasteiger partial charge in [-0.05, 0) is 43.3 Å². The van der Waals surface area contributed by atoms with Crippen LogP contribution in [0.5, 0.6) is 0 Å². The van der Waals surface area contributed by atoms with Gasteiger partial charge >= 0.3 is 0 Å². The van der Waals surface area contributed by atoms with E-state index in [1.54, 1.807) is 6.20 Å². The number of amides is 1. The van der Waals surface area contributed by atoms with Crippen molar-refractivity contribution in [2.75, 3.05) is 31.2 Å². The quantitative estimate of drug-likeness (QED) is 0.169. The smallest absolute Gasteiger partial charge is 0.230 e. The summed E-state index contributed by atoms with van der Waals surface area (Å²) < 4.78 is 0.802. The fourth-order valence-electron chi connectivity index (χ4n) is 3.42. The van der Waals surface area contributed by atoms with Crippen molar-refractivity contribution in [2.24, 2.45) is 0 Å². The number of hydrogen-bond donors (Lipinski definition) is 2. The molecule has 1 amide bonds. The summed E-state index contributed by atoms with van der Waals surface area (Å²) in [5.41, 5.74) is 3.00. The Hall–Kier alpha value is -2.43. The van der Waals surface area contributed by atoms with Crippen LogP contribution in [0.25, 0.3) is 10.3 Å².